The van der Waals surface area contributed by atoms with Crippen molar-refractivity contribution in [1.29, 1.82) is 0 Å². The third kappa shape index (κ3) is 1.86. The van der Waals surface area contributed by atoms with E-state index in [1.165, 1.54) is 36.8 Å². The molecule has 4 saturated carbocycles. The minimum absolute atomic E-state index is 0.681. The third-order valence-corrected chi connectivity index (χ3v) is 6.17. The Morgan fingerprint density at radius 1 is 1.00 bits per heavy atom. The molecule has 102 valence electrons. The molecule has 0 unspecified atom stereocenters. The minimum atomic E-state index is 0.681. The number of aryl methyl sites for hydroxylation is 1. The Bertz CT molecular complexity index is 462. The van der Waals surface area contributed by atoms with E-state index in [2.05, 4.69) is 25.1 Å². The summed E-state index contributed by atoms with van der Waals surface area (Å²) in [6, 6.07) is 6.92. The molecule has 0 radical (unpaired) electrons. The monoisotopic (exact) mass is 255 g/mol. The predicted molar refractivity (Wildman–Crippen MR) is 78.9 cm³/mol. The fraction of sp³-hybridized carbons (Fsp3) is 0.667. The largest absolute Gasteiger partial charge is 0.326 e. The van der Waals surface area contributed by atoms with Crippen LogP contribution in [0, 0.1) is 30.6 Å². The second-order valence-electron chi connectivity index (χ2n) is 7.35. The molecule has 4 fully saturated rings. The van der Waals surface area contributed by atoms with Gasteiger partial charge in [-0.3, -0.25) is 0 Å². The Morgan fingerprint density at radius 2 is 1.63 bits per heavy atom. The van der Waals surface area contributed by atoms with Gasteiger partial charge in [0.1, 0.15) is 0 Å². The van der Waals surface area contributed by atoms with E-state index in [0.717, 1.165) is 29.6 Å². The van der Waals surface area contributed by atoms with Crippen molar-refractivity contribution in [3.8, 4) is 0 Å². The maximum Gasteiger partial charge on any atom is 0.0178 e. The standard InChI is InChI=1S/C18H25N/c1-11-2-3-12(10-19)9-17(11)18-15-5-13-4-14(7-15)8-16(18)6-13/h2-3,9,13-16,18H,4-8,10,19H2,1H3. The molecule has 0 spiro atoms. The van der Waals surface area contributed by atoms with Gasteiger partial charge in [0.15, 0.2) is 0 Å². The van der Waals surface area contributed by atoms with Gasteiger partial charge >= 0.3 is 0 Å². The molecular weight excluding hydrogens is 230 g/mol. The van der Waals surface area contributed by atoms with E-state index < -0.39 is 0 Å². The molecule has 1 aromatic rings. The zero-order valence-corrected chi connectivity index (χ0v) is 11.9. The molecule has 1 heteroatoms. The molecule has 1 nitrogen and oxygen atoms in total. The van der Waals surface area contributed by atoms with Gasteiger partial charge in [-0.25, -0.2) is 0 Å². The van der Waals surface area contributed by atoms with Crippen LogP contribution in [0.4, 0.5) is 0 Å². The van der Waals surface area contributed by atoms with Crippen LogP contribution in [0.1, 0.15) is 54.7 Å². The van der Waals surface area contributed by atoms with E-state index in [9.17, 15) is 0 Å². The predicted octanol–water partition coefficient (Wildman–Crippen LogP) is 3.99. The Morgan fingerprint density at radius 3 is 2.21 bits per heavy atom. The number of hydrogen-bond acceptors (Lipinski definition) is 1. The average Bonchev–Trinajstić information content (AvgIpc) is 2.39. The average molecular weight is 255 g/mol. The van der Waals surface area contributed by atoms with Crippen molar-refractivity contribution >= 4 is 0 Å². The van der Waals surface area contributed by atoms with E-state index in [0.29, 0.717) is 6.54 Å². The highest BCUT2D eigenvalue weighted by molar-refractivity contribution is 5.36. The van der Waals surface area contributed by atoms with Crippen LogP contribution in [-0.4, -0.2) is 0 Å². The summed E-state index contributed by atoms with van der Waals surface area (Å²) >= 11 is 0. The molecule has 0 amide bonds. The highest BCUT2D eigenvalue weighted by atomic mass is 14.5. The summed E-state index contributed by atoms with van der Waals surface area (Å²) in [5.41, 5.74) is 10.3. The fourth-order valence-electron chi connectivity index (χ4n) is 5.61. The van der Waals surface area contributed by atoms with E-state index in [1.807, 2.05) is 0 Å². The van der Waals surface area contributed by atoms with Gasteiger partial charge in [-0.2, -0.15) is 0 Å². The van der Waals surface area contributed by atoms with Crippen LogP contribution in [0.2, 0.25) is 0 Å². The first-order valence-corrected chi connectivity index (χ1v) is 8.04. The molecule has 4 bridgehead atoms. The molecule has 4 aliphatic carbocycles. The fourth-order valence-corrected chi connectivity index (χ4v) is 5.61. The van der Waals surface area contributed by atoms with Gasteiger partial charge in [0.25, 0.3) is 0 Å². The quantitative estimate of drug-likeness (QED) is 0.849. The van der Waals surface area contributed by atoms with Gasteiger partial charge in [-0.15, -0.1) is 0 Å². The summed E-state index contributed by atoms with van der Waals surface area (Å²) in [5.74, 6) is 4.93. The topological polar surface area (TPSA) is 26.0 Å². The molecule has 2 N–H and O–H groups in total. The highest BCUT2D eigenvalue weighted by Gasteiger charge is 2.48. The molecule has 1 aromatic carbocycles. The van der Waals surface area contributed by atoms with Crippen molar-refractivity contribution in [1.82, 2.24) is 0 Å². The second-order valence-corrected chi connectivity index (χ2v) is 7.35. The van der Waals surface area contributed by atoms with Gasteiger partial charge in [-0.1, -0.05) is 18.2 Å². The maximum absolute atomic E-state index is 5.84. The summed E-state index contributed by atoms with van der Waals surface area (Å²) < 4.78 is 0. The van der Waals surface area contributed by atoms with Gasteiger partial charge < -0.3 is 5.73 Å². The number of hydrogen-bond donors (Lipinski definition) is 1. The van der Waals surface area contributed by atoms with E-state index in [1.54, 1.807) is 12.0 Å². The SMILES string of the molecule is Cc1ccc(CN)cc1C1C2CC3CC(C2)CC1C3. The molecule has 0 aromatic heterocycles. The molecule has 0 heterocycles. The van der Waals surface area contributed by atoms with Crippen molar-refractivity contribution < 1.29 is 0 Å². The Hall–Kier alpha value is -0.820. The Kier molecular flexibility index (Phi) is 2.73. The van der Waals surface area contributed by atoms with Crippen LogP contribution in [0.15, 0.2) is 18.2 Å². The second kappa shape index (κ2) is 4.34. The van der Waals surface area contributed by atoms with Crippen LogP contribution >= 0.6 is 0 Å². The molecule has 0 aliphatic heterocycles. The van der Waals surface area contributed by atoms with Gasteiger partial charge in [-0.05, 0) is 85.3 Å². The molecule has 4 aliphatic rings. The lowest BCUT2D eigenvalue weighted by Gasteiger charge is -2.55. The number of rotatable bonds is 2. The van der Waals surface area contributed by atoms with Crippen molar-refractivity contribution in [2.75, 3.05) is 0 Å². The maximum atomic E-state index is 5.84. The smallest absolute Gasteiger partial charge is 0.0178 e. The minimum Gasteiger partial charge on any atom is -0.326 e. The summed E-state index contributed by atoms with van der Waals surface area (Å²) in [6.07, 6.45) is 7.56. The summed E-state index contributed by atoms with van der Waals surface area (Å²) in [6.45, 7) is 2.97. The molecule has 0 atom stereocenters. The van der Waals surface area contributed by atoms with Crippen molar-refractivity contribution in [3.05, 3.63) is 34.9 Å². The number of nitrogens with two attached hydrogens (primary N) is 1. The van der Waals surface area contributed by atoms with Gasteiger partial charge in [0.05, 0.1) is 0 Å². The first kappa shape index (κ1) is 12.0. The lowest BCUT2D eigenvalue weighted by atomic mass is 9.50. The Labute approximate surface area is 116 Å². The Balaban J connectivity index is 1.72. The summed E-state index contributed by atoms with van der Waals surface area (Å²) in [5, 5.41) is 0. The lowest BCUT2D eigenvalue weighted by Crippen LogP contribution is -2.44. The van der Waals surface area contributed by atoms with Crippen LogP contribution < -0.4 is 5.73 Å². The van der Waals surface area contributed by atoms with Crippen molar-refractivity contribution in [2.45, 2.75) is 51.5 Å². The van der Waals surface area contributed by atoms with E-state index in [-0.39, 0.29) is 0 Å². The lowest BCUT2D eigenvalue weighted by molar-refractivity contribution is -0.00299. The van der Waals surface area contributed by atoms with E-state index >= 15 is 0 Å². The first-order chi connectivity index (χ1) is 9.24. The van der Waals surface area contributed by atoms with Gasteiger partial charge in [0, 0.05) is 6.54 Å². The van der Waals surface area contributed by atoms with Crippen LogP contribution in [0.3, 0.4) is 0 Å². The van der Waals surface area contributed by atoms with E-state index in [4.69, 9.17) is 5.73 Å². The molecule has 0 saturated heterocycles. The van der Waals surface area contributed by atoms with Crippen molar-refractivity contribution in [3.63, 3.8) is 0 Å². The van der Waals surface area contributed by atoms with Crippen molar-refractivity contribution in [2.24, 2.45) is 29.4 Å². The van der Waals surface area contributed by atoms with Crippen LogP contribution in [-0.2, 0) is 6.54 Å². The zero-order chi connectivity index (χ0) is 13.0. The number of benzene rings is 1. The van der Waals surface area contributed by atoms with Crippen LogP contribution in [0.5, 0.6) is 0 Å². The van der Waals surface area contributed by atoms with Gasteiger partial charge in [0.2, 0.25) is 0 Å². The highest BCUT2D eigenvalue weighted by Crippen LogP contribution is 2.60. The summed E-state index contributed by atoms with van der Waals surface area (Å²) in [7, 11) is 0. The normalized spacial score (nSPS) is 39.8. The first-order valence-electron chi connectivity index (χ1n) is 8.04. The molecule has 5 rings (SSSR count). The molecule has 19 heavy (non-hydrogen) atoms. The van der Waals surface area contributed by atoms with Crippen LogP contribution in [0.25, 0.3) is 0 Å². The molecular formula is C18H25N. The zero-order valence-electron chi connectivity index (χ0n) is 11.9. The summed E-state index contributed by atoms with van der Waals surface area (Å²) in [4.78, 5) is 0. The third-order valence-electron chi connectivity index (χ3n) is 6.17.